The lowest BCUT2D eigenvalue weighted by atomic mass is 10.2. The highest BCUT2D eigenvalue weighted by atomic mass is 32.1. The number of hydrogen-bond donors (Lipinski definition) is 2. The van der Waals surface area contributed by atoms with E-state index >= 15 is 0 Å². The maximum absolute atomic E-state index is 12.1. The van der Waals surface area contributed by atoms with Crippen molar-refractivity contribution in [2.75, 3.05) is 13.2 Å². The van der Waals surface area contributed by atoms with Gasteiger partial charge in [0.1, 0.15) is 6.61 Å². The molecule has 130 valence electrons. The Morgan fingerprint density at radius 1 is 1.24 bits per heavy atom. The number of carbonyl (C=O) groups excluding carboxylic acids is 2. The van der Waals surface area contributed by atoms with Gasteiger partial charge in [-0.1, -0.05) is 18.2 Å². The van der Waals surface area contributed by atoms with Gasteiger partial charge in [-0.05, 0) is 30.5 Å². The SMILES string of the molecule is C/C(=N/NC(=O)CNC(=O)C1COc2ccccc2O1)c1cccs1. The number of amides is 2. The van der Waals surface area contributed by atoms with E-state index in [2.05, 4.69) is 15.8 Å². The topological polar surface area (TPSA) is 89.0 Å². The molecule has 0 bridgehead atoms. The van der Waals surface area contributed by atoms with E-state index < -0.39 is 17.9 Å². The van der Waals surface area contributed by atoms with Crippen molar-refractivity contribution in [2.45, 2.75) is 13.0 Å². The molecule has 1 aliphatic rings. The van der Waals surface area contributed by atoms with Gasteiger partial charge in [0, 0.05) is 4.88 Å². The Kier molecular flexibility index (Phi) is 5.30. The van der Waals surface area contributed by atoms with Crippen LogP contribution in [0.2, 0.25) is 0 Å². The monoisotopic (exact) mass is 359 g/mol. The van der Waals surface area contributed by atoms with Crippen LogP contribution in [0.25, 0.3) is 0 Å². The first-order valence-corrected chi connectivity index (χ1v) is 8.54. The largest absolute Gasteiger partial charge is 0.485 e. The van der Waals surface area contributed by atoms with Crippen LogP contribution >= 0.6 is 11.3 Å². The van der Waals surface area contributed by atoms with E-state index in [-0.39, 0.29) is 13.2 Å². The normalized spacial score (nSPS) is 16.2. The summed E-state index contributed by atoms with van der Waals surface area (Å²) in [4.78, 5) is 24.9. The van der Waals surface area contributed by atoms with E-state index in [1.165, 1.54) is 11.3 Å². The highest BCUT2D eigenvalue weighted by Crippen LogP contribution is 2.30. The van der Waals surface area contributed by atoms with Crippen molar-refractivity contribution in [3.05, 3.63) is 46.7 Å². The van der Waals surface area contributed by atoms with Gasteiger partial charge >= 0.3 is 0 Å². The lowest BCUT2D eigenvalue weighted by molar-refractivity contribution is -0.132. The standard InChI is InChI=1S/C17H17N3O4S/c1-11(15-7-4-8-25-15)19-20-16(21)9-18-17(22)14-10-23-12-5-2-3-6-13(12)24-14/h2-8,14H,9-10H2,1H3,(H,18,22)(H,20,21)/b19-11-. The summed E-state index contributed by atoms with van der Waals surface area (Å²) in [7, 11) is 0. The van der Waals surface area contributed by atoms with Crippen molar-refractivity contribution >= 4 is 28.9 Å². The Morgan fingerprint density at radius 3 is 2.80 bits per heavy atom. The molecule has 2 aromatic rings. The fourth-order valence-electron chi connectivity index (χ4n) is 2.16. The predicted octanol–water partition coefficient (Wildman–Crippen LogP) is 1.54. The van der Waals surface area contributed by atoms with Gasteiger partial charge in [-0.2, -0.15) is 5.10 Å². The minimum Gasteiger partial charge on any atom is -0.485 e. The molecule has 1 unspecified atom stereocenters. The van der Waals surface area contributed by atoms with Crippen LogP contribution in [-0.2, 0) is 9.59 Å². The van der Waals surface area contributed by atoms with Crippen LogP contribution in [0.1, 0.15) is 11.8 Å². The Labute approximate surface area is 148 Å². The zero-order valence-corrected chi connectivity index (χ0v) is 14.3. The lowest BCUT2D eigenvalue weighted by Crippen LogP contribution is -2.46. The van der Waals surface area contributed by atoms with Gasteiger partial charge in [0.2, 0.25) is 6.10 Å². The molecule has 0 radical (unpaired) electrons. The zero-order valence-electron chi connectivity index (χ0n) is 13.5. The number of hydrogen-bond acceptors (Lipinski definition) is 6. The van der Waals surface area contributed by atoms with E-state index in [4.69, 9.17) is 9.47 Å². The van der Waals surface area contributed by atoms with Crippen LogP contribution in [0.3, 0.4) is 0 Å². The van der Waals surface area contributed by atoms with E-state index in [1.807, 2.05) is 23.6 Å². The fourth-order valence-corrected chi connectivity index (χ4v) is 2.83. The zero-order chi connectivity index (χ0) is 17.6. The average molecular weight is 359 g/mol. The van der Waals surface area contributed by atoms with Gasteiger partial charge in [0.15, 0.2) is 11.5 Å². The number of thiophene rings is 1. The quantitative estimate of drug-likeness (QED) is 0.626. The van der Waals surface area contributed by atoms with Crippen LogP contribution < -0.4 is 20.2 Å². The Balaban J connectivity index is 1.46. The van der Waals surface area contributed by atoms with Crippen LogP contribution in [-0.4, -0.2) is 36.8 Å². The van der Waals surface area contributed by atoms with Crippen LogP contribution in [0.15, 0.2) is 46.9 Å². The molecule has 0 spiro atoms. The summed E-state index contributed by atoms with van der Waals surface area (Å²) in [6.07, 6.45) is -0.793. The number of para-hydroxylation sites is 2. The first-order chi connectivity index (χ1) is 12.1. The number of fused-ring (bicyclic) bond motifs is 1. The van der Waals surface area contributed by atoms with Crippen molar-refractivity contribution in [2.24, 2.45) is 5.10 Å². The Morgan fingerprint density at radius 2 is 2.04 bits per heavy atom. The molecule has 2 N–H and O–H groups in total. The lowest BCUT2D eigenvalue weighted by Gasteiger charge is -2.25. The molecule has 0 saturated carbocycles. The fraction of sp³-hybridized carbons (Fsp3) is 0.235. The Bertz CT molecular complexity index is 789. The minimum atomic E-state index is -0.793. The molecule has 1 aromatic heterocycles. The highest BCUT2D eigenvalue weighted by Gasteiger charge is 2.27. The number of ether oxygens (including phenoxy) is 2. The third-order valence-corrected chi connectivity index (χ3v) is 4.43. The van der Waals surface area contributed by atoms with E-state index in [9.17, 15) is 9.59 Å². The average Bonchev–Trinajstić information content (AvgIpc) is 3.18. The van der Waals surface area contributed by atoms with Crippen molar-refractivity contribution in [3.8, 4) is 11.5 Å². The summed E-state index contributed by atoms with van der Waals surface area (Å²) >= 11 is 1.53. The van der Waals surface area contributed by atoms with Crippen LogP contribution in [0.5, 0.6) is 11.5 Å². The molecule has 1 aromatic carbocycles. The number of benzene rings is 1. The summed E-state index contributed by atoms with van der Waals surface area (Å²) < 4.78 is 11.1. The smallest absolute Gasteiger partial charge is 0.265 e. The van der Waals surface area contributed by atoms with Gasteiger partial charge in [-0.3, -0.25) is 9.59 Å². The van der Waals surface area contributed by atoms with Crippen molar-refractivity contribution in [1.82, 2.24) is 10.7 Å². The number of carbonyl (C=O) groups is 2. The van der Waals surface area contributed by atoms with Gasteiger partial charge in [0.05, 0.1) is 12.3 Å². The summed E-state index contributed by atoms with van der Waals surface area (Å²) in [6, 6.07) is 10.9. The number of rotatable bonds is 5. The van der Waals surface area contributed by atoms with Crippen LogP contribution in [0.4, 0.5) is 0 Å². The molecule has 3 rings (SSSR count). The molecule has 7 nitrogen and oxygen atoms in total. The Hall–Kier alpha value is -2.87. The minimum absolute atomic E-state index is 0.0973. The van der Waals surface area contributed by atoms with Crippen LogP contribution in [0, 0.1) is 0 Å². The van der Waals surface area contributed by atoms with Crippen molar-refractivity contribution in [1.29, 1.82) is 0 Å². The van der Waals surface area contributed by atoms with Gasteiger partial charge in [0.25, 0.3) is 11.8 Å². The summed E-state index contributed by atoms with van der Waals surface area (Å²) in [5.74, 6) is 0.280. The molecule has 0 fully saturated rings. The second-order valence-electron chi connectivity index (χ2n) is 5.29. The van der Waals surface area contributed by atoms with Gasteiger partial charge < -0.3 is 14.8 Å². The maximum atomic E-state index is 12.1. The van der Waals surface area contributed by atoms with E-state index in [0.717, 1.165) is 4.88 Å². The molecule has 0 aliphatic carbocycles. The number of nitrogens with zero attached hydrogens (tertiary/aromatic N) is 1. The second-order valence-corrected chi connectivity index (χ2v) is 6.24. The number of hydrazone groups is 1. The summed E-state index contributed by atoms with van der Waals surface area (Å²) in [6.45, 7) is 1.71. The molecule has 1 aliphatic heterocycles. The third-order valence-electron chi connectivity index (χ3n) is 3.45. The molecule has 2 heterocycles. The molecular formula is C17H17N3O4S. The maximum Gasteiger partial charge on any atom is 0.265 e. The molecule has 2 amide bonds. The van der Waals surface area contributed by atoms with Crippen molar-refractivity contribution in [3.63, 3.8) is 0 Å². The summed E-state index contributed by atoms with van der Waals surface area (Å²) in [5, 5.41) is 8.46. The highest BCUT2D eigenvalue weighted by molar-refractivity contribution is 7.12. The first kappa shape index (κ1) is 17.0. The van der Waals surface area contributed by atoms with E-state index in [0.29, 0.717) is 17.2 Å². The first-order valence-electron chi connectivity index (χ1n) is 7.66. The predicted molar refractivity (Wildman–Crippen MR) is 94.0 cm³/mol. The van der Waals surface area contributed by atoms with Gasteiger partial charge in [-0.25, -0.2) is 5.43 Å². The third kappa shape index (κ3) is 4.36. The molecule has 25 heavy (non-hydrogen) atoms. The summed E-state index contributed by atoms with van der Waals surface area (Å²) in [5.41, 5.74) is 3.12. The van der Waals surface area contributed by atoms with Crippen molar-refractivity contribution < 1.29 is 19.1 Å². The van der Waals surface area contributed by atoms with Gasteiger partial charge in [-0.15, -0.1) is 11.3 Å². The molecule has 1 atom stereocenters. The van der Waals surface area contributed by atoms with E-state index in [1.54, 1.807) is 25.1 Å². The molecule has 0 saturated heterocycles. The molecule has 8 heteroatoms. The number of nitrogens with one attached hydrogen (secondary N) is 2. The molecular weight excluding hydrogens is 342 g/mol. The second kappa shape index (κ2) is 7.80.